The second-order valence-electron chi connectivity index (χ2n) is 4.98. The smallest absolute Gasteiger partial charge is 0.141 e. The Morgan fingerprint density at radius 3 is 2.67 bits per heavy atom. The second-order valence-corrected chi connectivity index (χ2v) is 5.84. The highest BCUT2D eigenvalue weighted by atomic mass is 79.9. The van der Waals surface area contributed by atoms with E-state index in [9.17, 15) is 0 Å². The summed E-state index contributed by atoms with van der Waals surface area (Å²) in [4.78, 5) is 5.87. The molecule has 2 nitrogen and oxygen atoms in total. The highest BCUT2D eigenvalue weighted by Gasteiger charge is 2.21. The summed E-state index contributed by atoms with van der Waals surface area (Å²) in [5, 5.41) is 1.99. The molecule has 0 amide bonds. The first-order chi connectivity index (χ1) is 10.3. The second kappa shape index (κ2) is 6.91. The summed E-state index contributed by atoms with van der Waals surface area (Å²) in [6, 6.07) is 18.3. The van der Waals surface area contributed by atoms with Gasteiger partial charge in [0.1, 0.15) is 6.10 Å². The summed E-state index contributed by atoms with van der Waals surface area (Å²) in [7, 11) is 0. The lowest BCUT2D eigenvalue weighted by Gasteiger charge is -2.14. The topological polar surface area (TPSA) is 12.5 Å². The van der Waals surface area contributed by atoms with Gasteiger partial charge in [0.2, 0.25) is 0 Å². The van der Waals surface area contributed by atoms with Crippen LogP contribution in [0.4, 0.5) is 0 Å². The fraction of sp³-hybridized carbons (Fsp3) is 0.222. The molecule has 3 rings (SSSR count). The predicted molar refractivity (Wildman–Crippen MR) is 87.4 cm³/mol. The van der Waals surface area contributed by atoms with Gasteiger partial charge in [0.05, 0.1) is 0 Å². The Morgan fingerprint density at radius 1 is 1.10 bits per heavy atom. The third-order valence-electron chi connectivity index (χ3n) is 3.36. The maximum absolute atomic E-state index is 5.87. The van der Waals surface area contributed by atoms with E-state index in [1.54, 1.807) is 0 Å². The Labute approximate surface area is 133 Å². The predicted octanol–water partition coefficient (Wildman–Crippen LogP) is 4.01. The summed E-state index contributed by atoms with van der Waals surface area (Å²) in [6.45, 7) is 1.73. The largest absolute Gasteiger partial charge is 0.282 e. The molecule has 1 aliphatic heterocycles. The molecule has 0 aromatic heterocycles. The Kier molecular flexibility index (Phi) is 4.72. The van der Waals surface area contributed by atoms with Crippen molar-refractivity contribution in [1.82, 2.24) is 5.06 Å². The summed E-state index contributed by atoms with van der Waals surface area (Å²) in [5.74, 6) is 6.40. The van der Waals surface area contributed by atoms with Crippen LogP contribution in [0.2, 0.25) is 0 Å². The van der Waals surface area contributed by atoms with E-state index in [0.29, 0.717) is 0 Å². The Balaban J connectivity index is 1.59. The van der Waals surface area contributed by atoms with Gasteiger partial charge in [0, 0.05) is 29.5 Å². The molecule has 21 heavy (non-hydrogen) atoms. The lowest BCUT2D eigenvalue weighted by Crippen LogP contribution is -2.18. The molecule has 1 fully saturated rings. The van der Waals surface area contributed by atoms with Crippen LogP contribution in [-0.2, 0) is 11.4 Å². The molecule has 0 spiro atoms. The first-order valence-corrected chi connectivity index (χ1v) is 7.82. The highest BCUT2D eigenvalue weighted by molar-refractivity contribution is 9.10. The van der Waals surface area contributed by atoms with Crippen molar-refractivity contribution in [2.24, 2.45) is 0 Å². The van der Waals surface area contributed by atoms with E-state index < -0.39 is 0 Å². The van der Waals surface area contributed by atoms with Gasteiger partial charge in [0.15, 0.2) is 0 Å². The zero-order chi connectivity index (χ0) is 14.5. The maximum Gasteiger partial charge on any atom is 0.141 e. The van der Waals surface area contributed by atoms with Crippen molar-refractivity contribution in [3.05, 3.63) is 70.2 Å². The van der Waals surface area contributed by atoms with Crippen LogP contribution in [0.25, 0.3) is 0 Å². The zero-order valence-electron chi connectivity index (χ0n) is 11.6. The van der Waals surface area contributed by atoms with Gasteiger partial charge in [-0.2, -0.15) is 5.06 Å². The summed E-state index contributed by atoms with van der Waals surface area (Å²) in [6.07, 6.45) is 0.936. The van der Waals surface area contributed by atoms with Crippen molar-refractivity contribution >= 4 is 15.9 Å². The van der Waals surface area contributed by atoms with Gasteiger partial charge < -0.3 is 0 Å². The molecule has 0 aliphatic carbocycles. The SMILES string of the molecule is Brc1ccccc1C#CC1CCN(Cc2ccccc2)O1. The van der Waals surface area contributed by atoms with E-state index in [1.807, 2.05) is 35.4 Å². The number of hydrogen-bond acceptors (Lipinski definition) is 2. The van der Waals surface area contributed by atoms with Crippen LogP contribution >= 0.6 is 15.9 Å². The van der Waals surface area contributed by atoms with Gasteiger partial charge in [-0.25, -0.2) is 0 Å². The summed E-state index contributed by atoms with van der Waals surface area (Å²) < 4.78 is 1.02. The first-order valence-electron chi connectivity index (χ1n) is 7.03. The zero-order valence-corrected chi connectivity index (χ0v) is 13.2. The van der Waals surface area contributed by atoms with Crippen molar-refractivity contribution in [2.45, 2.75) is 19.1 Å². The van der Waals surface area contributed by atoms with Crippen LogP contribution in [0.3, 0.4) is 0 Å². The lowest BCUT2D eigenvalue weighted by atomic mass is 10.2. The summed E-state index contributed by atoms with van der Waals surface area (Å²) in [5.41, 5.74) is 2.26. The fourth-order valence-electron chi connectivity index (χ4n) is 2.27. The molecular weight excluding hydrogens is 326 g/mol. The van der Waals surface area contributed by atoms with Crippen LogP contribution in [-0.4, -0.2) is 17.7 Å². The Morgan fingerprint density at radius 2 is 1.86 bits per heavy atom. The summed E-state index contributed by atoms with van der Waals surface area (Å²) >= 11 is 3.51. The Bertz CT molecular complexity index is 660. The molecule has 2 aromatic carbocycles. The molecule has 1 unspecified atom stereocenters. The molecule has 1 aliphatic rings. The van der Waals surface area contributed by atoms with Crippen molar-refractivity contribution in [3.8, 4) is 11.8 Å². The number of hydrogen-bond donors (Lipinski definition) is 0. The normalized spacial score (nSPS) is 18.2. The molecule has 0 radical (unpaired) electrons. The van der Waals surface area contributed by atoms with Gasteiger partial charge in [-0.15, -0.1) is 0 Å². The van der Waals surface area contributed by atoms with Gasteiger partial charge >= 0.3 is 0 Å². The standard InChI is InChI=1S/C18H16BrNO/c19-18-9-5-4-8-16(18)10-11-17-12-13-20(21-17)14-15-6-2-1-3-7-15/h1-9,17H,12-14H2. The molecule has 2 aromatic rings. The van der Waals surface area contributed by atoms with E-state index in [-0.39, 0.29) is 6.10 Å². The maximum atomic E-state index is 5.87. The van der Waals surface area contributed by atoms with Crippen LogP contribution in [0.5, 0.6) is 0 Å². The molecule has 106 valence electrons. The van der Waals surface area contributed by atoms with Crippen molar-refractivity contribution in [1.29, 1.82) is 0 Å². The monoisotopic (exact) mass is 341 g/mol. The molecule has 1 atom stereocenters. The van der Waals surface area contributed by atoms with Gasteiger partial charge in [0.25, 0.3) is 0 Å². The molecule has 1 saturated heterocycles. The van der Waals surface area contributed by atoms with E-state index in [2.05, 4.69) is 52.0 Å². The van der Waals surface area contributed by atoms with Crippen LogP contribution in [0.15, 0.2) is 59.1 Å². The number of benzene rings is 2. The quantitative estimate of drug-likeness (QED) is 0.765. The molecular formula is C18H16BrNO. The minimum atomic E-state index is -0.0131. The van der Waals surface area contributed by atoms with Crippen molar-refractivity contribution in [3.63, 3.8) is 0 Å². The van der Waals surface area contributed by atoms with E-state index in [1.165, 1.54) is 5.56 Å². The lowest BCUT2D eigenvalue weighted by molar-refractivity contribution is -0.136. The van der Waals surface area contributed by atoms with Gasteiger partial charge in [-0.3, -0.25) is 4.84 Å². The highest BCUT2D eigenvalue weighted by Crippen LogP contribution is 2.18. The molecule has 1 heterocycles. The third-order valence-corrected chi connectivity index (χ3v) is 4.05. The van der Waals surface area contributed by atoms with Crippen LogP contribution in [0, 0.1) is 11.8 Å². The number of rotatable bonds is 2. The molecule has 0 saturated carbocycles. The molecule has 0 bridgehead atoms. The Hall–Kier alpha value is -1.60. The van der Waals surface area contributed by atoms with Crippen LogP contribution < -0.4 is 0 Å². The number of nitrogens with zero attached hydrogens (tertiary/aromatic N) is 1. The van der Waals surface area contributed by atoms with Crippen molar-refractivity contribution < 1.29 is 4.84 Å². The minimum absolute atomic E-state index is 0.0131. The van der Waals surface area contributed by atoms with E-state index in [4.69, 9.17) is 4.84 Å². The third kappa shape index (κ3) is 3.95. The van der Waals surface area contributed by atoms with Crippen molar-refractivity contribution in [2.75, 3.05) is 6.54 Å². The van der Waals surface area contributed by atoms with E-state index >= 15 is 0 Å². The minimum Gasteiger partial charge on any atom is -0.282 e. The van der Waals surface area contributed by atoms with Gasteiger partial charge in [-0.05, 0) is 33.6 Å². The van der Waals surface area contributed by atoms with Gasteiger partial charge in [-0.1, -0.05) is 54.3 Å². The average molecular weight is 342 g/mol. The fourth-order valence-corrected chi connectivity index (χ4v) is 2.65. The molecule has 3 heteroatoms. The molecule has 0 N–H and O–H groups in total. The first kappa shape index (κ1) is 14.3. The average Bonchev–Trinajstić information content (AvgIpc) is 2.95. The van der Waals surface area contributed by atoms with E-state index in [0.717, 1.165) is 29.5 Å². The number of hydroxylamine groups is 2. The van der Waals surface area contributed by atoms with Crippen LogP contribution in [0.1, 0.15) is 17.5 Å². The number of halogens is 1.